The van der Waals surface area contributed by atoms with Crippen molar-refractivity contribution < 1.29 is 4.79 Å². The highest BCUT2D eigenvalue weighted by atomic mass is 16.2. The molecule has 2 rings (SSSR count). The van der Waals surface area contributed by atoms with E-state index in [4.69, 9.17) is 5.73 Å². The molecule has 4 heteroatoms. The maximum absolute atomic E-state index is 12.4. The third-order valence-electron chi connectivity index (χ3n) is 4.24. The molecular weight excluding hydrogens is 250 g/mol. The van der Waals surface area contributed by atoms with Crippen LogP contribution in [0.3, 0.4) is 0 Å². The van der Waals surface area contributed by atoms with E-state index in [-0.39, 0.29) is 11.8 Å². The summed E-state index contributed by atoms with van der Waals surface area (Å²) in [6.07, 6.45) is 3.51. The van der Waals surface area contributed by atoms with Gasteiger partial charge in [0.15, 0.2) is 0 Å². The van der Waals surface area contributed by atoms with Crippen LogP contribution in [0.5, 0.6) is 0 Å². The fourth-order valence-electron chi connectivity index (χ4n) is 2.85. The van der Waals surface area contributed by atoms with Crippen molar-refractivity contribution in [2.24, 2.45) is 0 Å². The van der Waals surface area contributed by atoms with Crippen molar-refractivity contribution in [2.45, 2.75) is 58.0 Å². The average Bonchev–Trinajstić information content (AvgIpc) is 2.42. The standard InChI is InChI=1S/C16H25N3O/c1-11-6-4-7-12(2)19(11)18-16(20)13(3)14-8-5-9-15(17)10-14/h5,8-13H,4,6-7,17H2,1-3H3,(H,18,20). The molecule has 4 nitrogen and oxygen atoms in total. The first-order valence-electron chi connectivity index (χ1n) is 7.43. The first kappa shape index (κ1) is 14.9. The molecule has 1 heterocycles. The Labute approximate surface area is 121 Å². The fourth-order valence-corrected chi connectivity index (χ4v) is 2.85. The molecule has 0 radical (unpaired) electrons. The van der Waals surface area contributed by atoms with Crippen molar-refractivity contribution in [2.75, 3.05) is 5.73 Å². The molecule has 1 amide bonds. The molecule has 1 aromatic carbocycles. The number of hydrogen-bond donors (Lipinski definition) is 2. The lowest BCUT2D eigenvalue weighted by molar-refractivity contribution is -0.130. The zero-order valence-electron chi connectivity index (χ0n) is 12.6. The predicted molar refractivity (Wildman–Crippen MR) is 82.0 cm³/mol. The van der Waals surface area contributed by atoms with E-state index in [2.05, 4.69) is 24.3 Å². The van der Waals surface area contributed by atoms with Gasteiger partial charge in [0.05, 0.1) is 5.92 Å². The summed E-state index contributed by atoms with van der Waals surface area (Å²) in [5, 5.41) is 2.11. The van der Waals surface area contributed by atoms with Crippen LogP contribution in [0.15, 0.2) is 24.3 Å². The van der Waals surface area contributed by atoms with E-state index in [1.165, 1.54) is 6.42 Å². The monoisotopic (exact) mass is 275 g/mol. The third kappa shape index (κ3) is 3.31. The highest BCUT2D eigenvalue weighted by Gasteiger charge is 2.27. The number of carbonyl (C=O) groups is 1. The highest BCUT2D eigenvalue weighted by Crippen LogP contribution is 2.22. The van der Waals surface area contributed by atoms with Crippen LogP contribution in [-0.2, 0) is 4.79 Å². The van der Waals surface area contributed by atoms with Gasteiger partial charge in [0.1, 0.15) is 0 Å². The molecule has 0 saturated carbocycles. The number of anilines is 1. The molecule has 0 aliphatic carbocycles. The average molecular weight is 275 g/mol. The minimum atomic E-state index is -0.195. The van der Waals surface area contributed by atoms with E-state index in [0.29, 0.717) is 17.8 Å². The number of nitrogen functional groups attached to an aromatic ring is 1. The molecule has 3 unspecified atom stereocenters. The first-order valence-corrected chi connectivity index (χ1v) is 7.43. The van der Waals surface area contributed by atoms with Crippen LogP contribution in [0.1, 0.15) is 51.5 Å². The zero-order chi connectivity index (χ0) is 14.7. The van der Waals surface area contributed by atoms with Crippen molar-refractivity contribution in [3.8, 4) is 0 Å². The van der Waals surface area contributed by atoms with Crippen LogP contribution < -0.4 is 11.2 Å². The molecule has 110 valence electrons. The Balaban J connectivity index is 2.03. The van der Waals surface area contributed by atoms with Gasteiger partial charge in [0.2, 0.25) is 5.91 Å². The van der Waals surface area contributed by atoms with Crippen molar-refractivity contribution in [3.63, 3.8) is 0 Å². The molecule has 1 fully saturated rings. The summed E-state index contributed by atoms with van der Waals surface area (Å²) >= 11 is 0. The third-order valence-corrected chi connectivity index (χ3v) is 4.24. The fraction of sp³-hybridized carbons (Fsp3) is 0.562. The molecule has 0 aromatic heterocycles. The molecular formula is C16H25N3O. The van der Waals surface area contributed by atoms with Gasteiger partial charge in [-0.3, -0.25) is 10.2 Å². The number of amides is 1. The molecule has 3 N–H and O–H groups in total. The Morgan fingerprint density at radius 1 is 1.35 bits per heavy atom. The summed E-state index contributed by atoms with van der Waals surface area (Å²) in [5.74, 6) is -0.156. The quantitative estimate of drug-likeness (QED) is 0.834. The second kappa shape index (κ2) is 6.27. The Morgan fingerprint density at radius 2 is 2.00 bits per heavy atom. The van der Waals surface area contributed by atoms with Gasteiger partial charge in [0, 0.05) is 17.8 Å². The van der Waals surface area contributed by atoms with Crippen LogP contribution >= 0.6 is 0 Å². The molecule has 1 aliphatic heterocycles. The number of nitrogens with zero attached hydrogens (tertiary/aromatic N) is 1. The molecule has 1 aliphatic rings. The van der Waals surface area contributed by atoms with Gasteiger partial charge in [-0.15, -0.1) is 0 Å². The normalized spacial score (nSPS) is 25.1. The van der Waals surface area contributed by atoms with Crippen LogP contribution in [0.25, 0.3) is 0 Å². The summed E-state index contributed by atoms with van der Waals surface area (Å²) < 4.78 is 0. The number of piperidine rings is 1. The van der Waals surface area contributed by atoms with Crippen molar-refractivity contribution in [1.82, 2.24) is 10.4 Å². The van der Waals surface area contributed by atoms with Gasteiger partial charge in [-0.2, -0.15) is 0 Å². The molecule has 0 spiro atoms. The van der Waals surface area contributed by atoms with E-state index in [9.17, 15) is 4.79 Å². The van der Waals surface area contributed by atoms with E-state index >= 15 is 0 Å². The van der Waals surface area contributed by atoms with E-state index in [1.807, 2.05) is 31.2 Å². The highest BCUT2D eigenvalue weighted by molar-refractivity contribution is 5.83. The zero-order valence-corrected chi connectivity index (χ0v) is 12.6. The smallest absolute Gasteiger partial charge is 0.241 e. The van der Waals surface area contributed by atoms with E-state index < -0.39 is 0 Å². The lowest BCUT2D eigenvalue weighted by Crippen LogP contribution is -2.54. The Kier molecular flexibility index (Phi) is 4.65. The summed E-state index contributed by atoms with van der Waals surface area (Å²) in [5.41, 5.74) is 10.5. The molecule has 1 aromatic rings. The molecule has 3 atom stereocenters. The maximum atomic E-state index is 12.4. The Hall–Kier alpha value is -1.55. The number of hydrogen-bond acceptors (Lipinski definition) is 3. The first-order chi connectivity index (χ1) is 9.49. The van der Waals surface area contributed by atoms with Gasteiger partial charge in [-0.1, -0.05) is 18.6 Å². The van der Waals surface area contributed by atoms with Crippen LogP contribution in [-0.4, -0.2) is 23.0 Å². The number of nitrogens with one attached hydrogen (secondary N) is 1. The SMILES string of the molecule is CC(C(=O)NN1C(C)CCCC1C)c1cccc(N)c1. The molecule has 20 heavy (non-hydrogen) atoms. The van der Waals surface area contributed by atoms with Gasteiger partial charge >= 0.3 is 0 Å². The molecule has 0 bridgehead atoms. The summed E-state index contributed by atoms with van der Waals surface area (Å²) in [4.78, 5) is 12.4. The number of hydrazine groups is 1. The van der Waals surface area contributed by atoms with E-state index in [0.717, 1.165) is 18.4 Å². The lowest BCUT2D eigenvalue weighted by Gasteiger charge is -2.39. The largest absolute Gasteiger partial charge is 0.399 e. The van der Waals surface area contributed by atoms with Gasteiger partial charge in [-0.25, -0.2) is 5.01 Å². The summed E-state index contributed by atoms with van der Waals surface area (Å²) in [7, 11) is 0. The predicted octanol–water partition coefficient (Wildman–Crippen LogP) is 2.67. The Morgan fingerprint density at radius 3 is 2.60 bits per heavy atom. The second-order valence-electron chi connectivity index (χ2n) is 5.90. The van der Waals surface area contributed by atoms with Crippen LogP contribution in [0.4, 0.5) is 5.69 Å². The number of nitrogens with two attached hydrogens (primary N) is 1. The second-order valence-corrected chi connectivity index (χ2v) is 5.90. The number of benzene rings is 1. The van der Waals surface area contributed by atoms with Crippen molar-refractivity contribution in [3.05, 3.63) is 29.8 Å². The minimum absolute atomic E-state index is 0.0381. The minimum Gasteiger partial charge on any atom is -0.399 e. The molecule has 1 saturated heterocycles. The summed E-state index contributed by atoms with van der Waals surface area (Å²) in [6.45, 7) is 6.26. The van der Waals surface area contributed by atoms with Crippen LogP contribution in [0, 0.1) is 0 Å². The topological polar surface area (TPSA) is 58.4 Å². The van der Waals surface area contributed by atoms with Gasteiger partial charge in [0.25, 0.3) is 0 Å². The number of carbonyl (C=O) groups excluding carboxylic acids is 1. The van der Waals surface area contributed by atoms with Crippen molar-refractivity contribution in [1.29, 1.82) is 0 Å². The maximum Gasteiger partial charge on any atom is 0.241 e. The van der Waals surface area contributed by atoms with Crippen molar-refractivity contribution >= 4 is 11.6 Å². The summed E-state index contributed by atoms with van der Waals surface area (Å²) in [6, 6.07) is 8.34. The van der Waals surface area contributed by atoms with Gasteiger partial charge in [-0.05, 0) is 51.3 Å². The van der Waals surface area contributed by atoms with Gasteiger partial charge < -0.3 is 5.73 Å². The number of rotatable bonds is 3. The van der Waals surface area contributed by atoms with E-state index in [1.54, 1.807) is 0 Å². The van der Waals surface area contributed by atoms with Crippen LogP contribution in [0.2, 0.25) is 0 Å². The Bertz CT molecular complexity index is 465. The lowest BCUT2D eigenvalue weighted by atomic mass is 9.98.